The number of ether oxygens (including phenoxy) is 1. The molecule has 0 fully saturated rings. The first-order valence-electron chi connectivity index (χ1n) is 7.93. The van der Waals surface area contributed by atoms with E-state index in [0.29, 0.717) is 31.8 Å². The van der Waals surface area contributed by atoms with Crippen molar-refractivity contribution in [2.75, 3.05) is 13.2 Å². The Balaban J connectivity index is 2.14. The van der Waals surface area contributed by atoms with Crippen LogP contribution in [0.3, 0.4) is 0 Å². The smallest absolute Gasteiger partial charge is 0.265 e. The summed E-state index contributed by atoms with van der Waals surface area (Å²) >= 11 is 0. The van der Waals surface area contributed by atoms with Gasteiger partial charge in [0.2, 0.25) is 0 Å². The number of fused-ring (bicyclic) bond motifs is 1. The van der Waals surface area contributed by atoms with Gasteiger partial charge in [0, 0.05) is 31.3 Å². The van der Waals surface area contributed by atoms with E-state index in [0.717, 1.165) is 5.39 Å². The zero-order valence-corrected chi connectivity index (χ0v) is 13.8. The van der Waals surface area contributed by atoms with Gasteiger partial charge in [0.1, 0.15) is 11.2 Å². The van der Waals surface area contributed by atoms with Crippen molar-refractivity contribution in [2.24, 2.45) is 0 Å². The Kier molecular flexibility index (Phi) is 5.87. The van der Waals surface area contributed by atoms with Crippen molar-refractivity contribution in [1.82, 2.24) is 14.9 Å². The quantitative estimate of drug-likeness (QED) is 0.792. The van der Waals surface area contributed by atoms with Gasteiger partial charge in [0.15, 0.2) is 0 Å². The molecule has 1 amide bonds. The van der Waals surface area contributed by atoms with Gasteiger partial charge in [-0.3, -0.25) is 14.2 Å². The van der Waals surface area contributed by atoms with Crippen LogP contribution in [0, 0.1) is 0 Å². The summed E-state index contributed by atoms with van der Waals surface area (Å²) in [5.41, 5.74) is 0.439. The molecule has 0 aliphatic carbocycles. The lowest BCUT2D eigenvalue weighted by atomic mass is 10.2. The van der Waals surface area contributed by atoms with Crippen LogP contribution in [0.1, 0.15) is 37.6 Å². The molecule has 0 aliphatic rings. The van der Waals surface area contributed by atoms with Gasteiger partial charge in [-0.05, 0) is 45.4 Å². The van der Waals surface area contributed by atoms with Crippen molar-refractivity contribution in [3.05, 3.63) is 40.3 Å². The minimum atomic E-state index is -0.354. The first-order chi connectivity index (χ1) is 11.0. The molecule has 0 saturated carbocycles. The monoisotopic (exact) mass is 317 g/mol. The third-order valence-electron chi connectivity index (χ3n) is 3.47. The van der Waals surface area contributed by atoms with E-state index in [-0.39, 0.29) is 23.1 Å². The Morgan fingerprint density at radius 1 is 1.43 bits per heavy atom. The van der Waals surface area contributed by atoms with Crippen LogP contribution in [0.2, 0.25) is 0 Å². The van der Waals surface area contributed by atoms with Gasteiger partial charge >= 0.3 is 0 Å². The molecular formula is C17H23N3O3. The van der Waals surface area contributed by atoms with Gasteiger partial charge in [0.05, 0.1) is 6.10 Å². The number of aromatic nitrogens is 2. The molecule has 0 saturated heterocycles. The minimum absolute atomic E-state index is 0.150. The van der Waals surface area contributed by atoms with Crippen molar-refractivity contribution in [3.8, 4) is 0 Å². The van der Waals surface area contributed by atoms with Crippen molar-refractivity contribution in [2.45, 2.75) is 39.8 Å². The van der Waals surface area contributed by atoms with Crippen LogP contribution in [-0.2, 0) is 11.3 Å². The Labute approximate surface area is 135 Å². The average Bonchev–Trinajstić information content (AvgIpc) is 2.53. The Morgan fingerprint density at radius 3 is 2.91 bits per heavy atom. The summed E-state index contributed by atoms with van der Waals surface area (Å²) in [5, 5.41) is 3.56. The lowest BCUT2D eigenvalue weighted by molar-refractivity contribution is 0.0757. The second kappa shape index (κ2) is 7.87. The molecule has 0 bridgehead atoms. The molecule has 2 aromatic heterocycles. The lowest BCUT2D eigenvalue weighted by Gasteiger charge is -2.11. The summed E-state index contributed by atoms with van der Waals surface area (Å²) in [6, 6.07) is 5.25. The van der Waals surface area contributed by atoms with E-state index in [2.05, 4.69) is 10.3 Å². The third kappa shape index (κ3) is 4.16. The lowest BCUT2D eigenvalue weighted by Crippen LogP contribution is -2.34. The van der Waals surface area contributed by atoms with E-state index in [4.69, 9.17) is 4.74 Å². The SMILES string of the molecule is CCn1c(=O)c(C(=O)NCCCOC(C)C)cc2cccnc21. The summed E-state index contributed by atoms with van der Waals surface area (Å²) in [4.78, 5) is 29.0. The summed E-state index contributed by atoms with van der Waals surface area (Å²) in [6.07, 6.45) is 2.53. The molecule has 23 heavy (non-hydrogen) atoms. The van der Waals surface area contributed by atoms with Crippen molar-refractivity contribution < 1.29 is 9.53 Å². The van der Waals surface area contributed by atoms with Crippen LogP contribution in [0.5, 0.6) is 0 Å². The number of pyridine rings is 2. The maximum Gasteiger partial charge on any atom is 0.265 e. The Morgan fingerprint density at radius 2 is 2.22 bits per heavy atom. The molecule has 2 heterocycles. The van der Waals surface area contributed by atoms with Crippen LogP contribution in [0.25, 0.3) is 11.0 Å². The van der Waals surface area contributed by atoms with Crippen molar-refractivity contribution in [1.29, 1.82) is 0 Å². The number of hydrogen-bond acceptors (Lipinski definition) is 4. The zero-order chi connectivity index (χ0) is 16.8. The topological polar surface area (TPSA) is 73.2 Å². The molecule has 0 spiro atoms. The van der Waals surface area contributed by atoms with Crippen LogP contribution >= 0.6 is 0 Å². The van der Waals surface area contributed by atoms with E-state index < -0.39 is 0 Å². The Bertz CT molecular complexity index is 737. The van der Waals surface area contributed by atoms with Gasteiger partial charge in [-0.15, -0.1) is 0 Å². The summed E-state index contributed by atoms with van der Waals surface area (Å²) < 4.78 is 6.94. The van der Waals surface area contributed by atoms with Gasteiger partial charge in [-0.2, -0.15) is 0 Å². The van der Waals surface area contributed by atoms with Crippen molar-refractivity contribution in [3.63, 3.8) is 0 Å². The molecule has 0 radical (unpaired) electrons. The molecule has 6 heteroatoms. The van der Waals surface area contributed by atoms with Crippen LogP contribution in [0.15, 0.2) is 29.2 Å². The highest BCUT2D eigenvalue weighted by atomic mass is 16.5. The highest BCUT2D eigenvalue weighted by Gasteiger charge is 2.15. The molecule has 124 valence electrons. The number of amides is 1. The summed E-state index contributed by atoms with van der Waals surface area (Å²) in [6.45, 7) is 7.32. The van der Waals surface area contributed by atoms with Gasteiger partial charge < -0.3 is 10.1 Å². The predicted molar refractivity (Wildman–Crippen MR) is 89.7 cm³/mol. The first kappa shape index (κ1) is 17.1. The van der Waals surface area contributed by atoms with Gasteiger partial charge in [0.25, 0.3) is 11.5 Å². The highest BCUT2D eigenvalue weighted by molar-refractivity contribution is 5.96. The van der Waals surface area contributed by atoms with E-state index in [1.54, 1.807) is 18.3 Å². The van der Waals surface area contributed by atoms with E-state index in [9.17, 15) is 9.59 Å². The fourth-order valence-electron chi connectivity index (χ4n) is 2.35. The molecule has 0 unspecified atom stereocenters. The summed E-state index contributed by atoms with van der Waals surface area (Å²) in [7, 11) is 0. The van der Waals surface area contributed by atoms with Crippen LogP contribution in [-0.4, -0.2) is 34.7 Å². The third-order valence-corrected chi connectivity index (χ3v) is 3.47. The number of carbonyl (C=O) groups excluding carboxylic acids is 1. The highest BCUT2D eigenvalue weighted by Crippen LogP contribution is 2.10. The first-order valence-corrected chi connectivity index (χ1v) is 7.93. The predicted octanol–water partition coefficient (Wildman–Crippen LogP) is 1.96. The minimum Gasteiger partial charge on any atom is -0.379 e. The van der Waals surface area contributed by atoms with E-state index in [1.807, 2.05) is 26.8 Å². The Hall–Kier alpha value is -2.21. The number of rotatable bonds is 7. The number of carbonyl (C=O) groups is 1. The van der Waals surface area contributed by atoms with Crippen LogP contribution < -0.4 is 10.9 Å². The van der Waals surface area contributed by atoms with Gasteiger partial charge in [-0.1, -0.05) is 0 Å². The molecular weight excluding hydrogens is 294 g/mol. The molecule has 0 aromatic carbocycles. The number of nitrogens with zero attached hydrogens (tertiary/aromatic N) is 2. The molecule has 2 aromatic rings. The maximum atomic E-state index is 12.5. The molecule has 0 aliphatic heterocycles. The standard InChI is InChI=1S/C17H23N3O3/c1-4-20-15-13(7-5-8-18-15)11-14(17(20)22)16(21)19-9-6-10-23-12(2)3/h5,7-8,11-12H,4,6,9-10H2,1-3H3,(H,19,21). The molecule has 1 N–H and O–H groups in total. The van der Waals surface area contributed by atoms with E-state index >= 15 is 0 Å². The van der Waals surface area contributed by atoms with Crippen LogP contribution in [0.4, 0.5) is 0 Å². The maximum absolute atomic E-state index is 12.5. The molecule has 2 rings (SSSR count). The van der Waals surface area contributed by atoms with Crippen molar-refractivity contribution >= 4 is 16.9 Å². The second-order valence-corrected chi connectivity index (χ2v) is 5.55. The second-order valence-electron chi connectivity index (χ2n) is 5.55. The van der Waals surface area contributed by atoms with E-state index in [1.165, 1.54) is 4.57 Å². The summed E-state index contributed by atoms with van der Waals surface area (Å²) in [5.74, 6) is -0.354. The number of nitrogens with one attached hydrogen (secondary N) is 1. The van der Waals surface area contributed by atoms with Gasteiger partial charge in [-0.25, -0.2) is 4.98 Å². The zero-order valence-electron chi connectivity index (χ0n) is 13.8. The fourth-order valence-corrected chi connectivity index (χ4v) is 2.35. The normalized spacial score (nSPS) is 11.1. The largest absolute Gasteiger partial charge is 0.379 e. The number of aryl methyl sites for hydroxylation is 1. The average molecular weight is 317 g/mol. The number of hydrogen-bond donors (Lipinski definition) is 1. The fraction of sp³-hybridized carbons (Fsp3) is 0.471. The molecule has 0 atom stereocenters. The molecule has 6 nitrogen and oxygen atoms in total.